The summed E-state index contributed by atoms with van der Waals surface area (Å²) in [6.07, 6.45) is 2.93. The maximum Gasteiger partial charge on any atom is 0.313 e. The van der Waals surface area contributed by atoms with Crippen LogP contribution in [0.4, 0.5) is 0 Å². The van der Waals surface area contributed by atoms with Gasteiger partial charge in [0.1, 0.15) is 19.2 Å². The Morgan fingerprint density at radius 1 is 1.53 bits per heavy atom. The SMILES string of the molecule is Nn1c(Cn2cncn2)nnc1SCC(=O)O. The van der Waals surface area contributed by atoms with Gasteiger partial charge in [0.25, 0.3) is 0 Å². The van der Waals surface area contributed by atoms with Gasteiger partial charge in [0.2, 0.25) is 5.16 Å². The van der Waals surface area contributed by atoms with Gasteiger partial charge in [-0.15, -0.1) is 10.2 Å². The first-order chi connectivity index (χ1) is 8.16. The molecule has 0 amide bonds. The second-order valence-electron chi connectivity index (χ2n) is 3.04. The van der Waals surface area contributed by atoms with E-state index in [1.165, 1.54) is 17.3 Å². The summed E-state index contributed by atoms with van der Waals surface area (Å²) in [6, 6.07) is 0. The van der Waals surface area contributed by atoms with Crippen LogP contribution in [-0.4, -0.2) is 46.5 Å². The number of carboxylic acids is 1. The van der Waals surface area contributed by atoms with E-state index in [0.29, 0.717) is 17.5 Å². The van der Waals surface area contributed by atoms with Crippen molar-refractivity contribution in [3.05, 3.63) is 18.5 Å². The summed E-state index contributed by atoms with van der Waals surface area (Å²) in [7, 11) is 0. The zero-order valence-corrected chi connectivity index (χ0v) is 9.41. The number of rotatable bonds is 5. The third kappa shape index (κ3) is 2.72. The molecule has 3 N–H and O–H groups in total. The van der Waals surface area contributed by atoms with Gasteiger partial charge in [-0.1, -0.05) is 11.8 Å². The lowest BCUT2D eigenvalue weighted by Crippen LogP contribution is -2.17. The number of nitrogens with zero attached hydrogens (tertiary/aromatic N) is 6. The van der Waals surface area contributed by atoms with E-state index in [-0.39, 0.29) is 5.75 Å². The molecule has 0 bridgehead atoms. The van der Waals surface area contributed by atoms with E-state index in [4.69, 9.17) is 10.9 Å². The molecule has 90 valence electrons. The second-order valence-corrected chi connectivity index (χ2v) is 3.99. The van der Waals surface area contributed by atoms with Gasteiger partial charge in [0.15, 0.2) is 5.82 Å². The Kier molecular flexibility index (Phi) is 3.23. The maximum atomic E-state index is 10.4. The van der Waals surface area contributed by atoms with Crippen molar-refractivity contribution in [2.45, 2.75) is 11.7 Å². The molecule has 2 rings (SSSR count). The summed E-state index contributed by atoms with van der Waals surface area (Å²) < 4.78 is 2.79. The number of carboxylic acid groups (broad SMARTS) is 1. The van der Waals surface area contributed by atoms with Crippen LogP contribution in [0.1, 0.15) is 5.82 Å². The van der Waals surface area contributed by atoms with Crippen molar-refractivity contribution >= 4 is 17.7 Å². The van der Waals surface area contributed by atoms with Gasteiger partial charge < -0.3 is 10.9 Å². The quantitative estimate of drug-likeness (QED) is 0.504. The molecule has 2 aromatic heterocycles. The van der Waals surface area contributed by atoms with Crippen LogP contribution in [0.25, 0.3) is 0 Å². The van der Waals surface area contributed by atoms with E-state index < -0.39 is 5.97 Å². The number of nitrogens with two attached hydrogens (primary N) is 1. The minimum absolute atomic E-state index is 0.112. The fourth-order valence-electron chi connectivity index (χ4n) is 1.10. The van der Waals surface area contributed by atoms with Crippen LogP contribution in [0.5, 0.6) is 0 Å². The molecular formula is C7H9N7O2S. The van der Waals surface area contributed by atoms with Gasteiger partial charge in [-0.05, 0) is 0 Å². The normalized spacial score (nSPS) is 10.6. The molecule has 0 spiro atoms. The van der Waals surface area contributed by atoms with Crippen LogP contribution in [0.2, 0.25) is 0 Å². The highest BCUT2D eigenvalue weighted by molar-refractivity contribution is 7.99. The van der Waals surface area contributed by atoms with Gasteiger partial charge in [0, 0.05) is 0 Å². The molecule has 0 saturated heterocycles. The molecule has 0 atom stereocenters. The first kappa shape index (κ1) is 11.4. The number of aromatic nitrogens is 6. The minimum atomic E-state index is -0.934. The van der Waals surface area contributed by atoms with Crippen LogP contribution in [0, 0.1) is 0 Å². The molecule has 0 aliphatic rings. The highest BCUT2D eigenvalue weighted by Crippen LogP contribution is 2.14. The van der Waals surface area contributed by atoms with E-state index in [1.807, 2.05) is 0 Å². The van der Waals surface area contributed by atoms with Gasteiger partial charge in [-0.2, -0.15) is 5.10 Å². The fraction of sp³-hybridized carbons (Fsp3) is 0.286. The predicted octanol–water partition coefficient (Wildman–Crippen LogP) is -1.19. The van der Waals surface area contributed by atoms with Crippen molar-refractivity contribution in [2.75, 3.05) is 11.6 Å². The molecule has 0 aliphatic carbocycles. The average Bonchev–Trinajstić information content (AvgIpc) is 2.89. The van der Waals surface area contributed by atoms with Crippen molar-refractivity contribution in [3.8, 4) is 0 Å². The number of carbonyl (C=O) groups is 1. The summed E-state index contributed by atoms with van der Waals surface area (Å²) in [5.74, 6) is 5.15. The first-order valence-corrected chi connectivity index (χ1v) is 5.51. The summed E-state index contributed by atoms with van der Waals surface area (Å²) in [5, 5.41) is 20.4. The number of thioether (sulfide) groups is 1. The van der Waals surface area contributed by atoms with Crippen LogP contribution < -0.4 is 5.84 Å². The number of hydrogen-bond donors (Lipinski definition) is 2. The smallest absolute Gasteiger partial charge is 0.313 e. The molecule has 9 nitrogen and oxygen atoms in total. The maximum absolute atomic E-state index is 10.4. The topological polar surface area (TPSA) is 125 Å². The minimum Gasteiger partial charge on any atom is -0.481 e. The van der Waals surface area contributed by atoms with Crippen molar-refractivity contribution in [1.82, 2.24) is 29.6 Å². The lowest BCUT2D eigenvalue weighted by atomic mass is 10.6. The van der Waals surface area contributed by atoms with Crippen molar-refractivity contribution in [2.24, 2.45) is 0 Å². The molecule has 10 heteroatoms. The van der Waals surface area contributed by atoms with E-state index in [1.54, 1.807) is 4.68 Å². The molecule has 0 aliphatic heterocycles. The average molecular weight is 255 g/mol. The number of nitrogen functional groups attached to an aromatic ring is 1. The molecule has 0 radical (unpaired) electrons. The third-order valence-corrected chi connectivity index (χ3v) is 2.76. The molecule has 0 aromatic carbocycles. The van der Waals surface area contributed by atoms with E-state index >= 15 is 0 Å². The fourth-order valence-corrected chi connectivity index (χ4v) is 1.69. The Hall–Kier alpha value is -2.10. The van der Waals surface area contributed by atoms with Crippen molar-refractivity contribution in [3.63, 3.8) is 0 Å². The van der Waals surface area contributed by atoms with Crippen molar-refractivity contribution < 1.29 is 9.90 Å². The summed E-state index contributed by atoms with van der Waals surface area (Å²) in [4.78, 5) is 14.2. The van der Waals surface area contributed by atoms with E-state index in [0.717, 1.165) is 11.8 Å². The Bertz CT molecular complexity index is 508. The van der Waals surface area contributed by atoms with Crippen LogP contribution in [-0.2, 0) is 11.3 Å². The Balaban J connectivity index is 2.07. The largest absolute Gasteiger partial charge is 0.481 e. The van der Waals surface area contributed by atoms with Crippen LogP contribution >= 0.6 is 11.8 Å². The zero-order valence-electron chi connectivity index (χ0n) is 8.59. The monoisotopic (exact) mass is 255 g/mol. The van der Waals surface area contributed by atoms with Crippen LogP contribution in [0.15, 0.2) is 17.8 Å². The van der Waals surface area contributed by atoms with Gasteiger partial charge in [0.05, 0.1) is 5.75 Å². The first-order valence-electron chi connectivity index (χ1n) is 4.53. The van der Waals surface area contributed by atoms with Crippen molar-refractivity contribution in [1.29, 1.82) is 0 Å². The Labute approximate surface area is 99.6 Å². The molecule has 2 heterocycles. The Morgan fingerprint density at radius 3 is 3.00 bits per heavy atom. The number of aliphatic carboxylic acids is 1. The van der Waals surface area contributed by atoms with E-state index in [2.05, 4.69) is 20.3 Å². The van der Waals surface area contributed by atoms with Gasteiger partial charge in [-0.3, -0.25) is 4.79 Å². The van der Waals surface area contributed by atoms with Gasteiger partial charge in [-0.25, -0.2) is 14.3 Å². The number of hydrogen-bond acceptors (Lipinski definition) is 7. The summed E-state index contributed by atoms with van der Waals surface area (Å²) in [5.41, 5.74) is 0. The molecule has 0 unspecified atom stereocenters. The second kappa shape index (κ2) is 4.82. The lowest BCUT2D eigenvalue weighted by Gasteiger charge is -2.02. The van der Waals surface area contributed by atoms with Gasteiger partial charge >= 0.3 is 5.97 Å². The lowest BCUT2D eigenvalue weighted by molar-refractivity contribution is -0.133. The highest BCUT2D eigenvalue weighted by atomic mass is 32.2. The summed E-state index contributed by atoms with van der Waals surface area (Å²) in [6.45, 7) is 0.330. The Morgan fingerprint density at radius 2 is 2.35 bits per heavy atom. The zero-order chi connectivity index (χ0) is 12.3. The molecule has 2 aromatic rings. The molecule has 17 heavy (non-hydrogen) atoms. The molecular weight excluding hydrogens is 246 g/mol. The standard InChI is InChI=1S/C7H9N7O2S/c8-14-5(1-13-4-9-3-10-13)11-12-7(14)17-2-6(15)16/h3-4H,1-2,8H2,(H,15,16). The third-order valence-electron chi connectivity index (χ3n) is 1.83. The molecule has 0 fully saturated rings. The predicted molar refractivity (Wildman–Crippen MR) is 57.7 cm³/mol. The molecule has 0 saturated carbocycles. The van der Waals surface area contributed by atoms with Crippen LogP contribution in [0.3, 0.4) is 0 Å². The summed E-state index contributed by atoms with van der Waals surface area (Å²) >= 11 is 1.01. The van der Waals surface area contributed by atoms with E-state index in [9.17, 15) is 4.79 Å². The highest BCUT2D eigenvalue weighted by Gasteiger charge is 2.12.